The summed E-state index contributed by atoms with van der Waals surface area (Å²) in [7, 11) is 0. The topological polar surface area (TPSA) is 43.5 Å². The second-order valence-corrected chi connectivity index (χ2v) is 5.30. The molecule has 17 heavy (non-hydrogen) atoms. The Labute approximate surface area is 105 Å². The van der Waals surface area contributed by atoms with Crippen LogP contribution in [0.1, 0.15) is 60.3 Å². The normalized spacial score (nSPS) is 34.7. The highest BCUT2D eigenvalue weighted by atomic mass is 16.5. The Hall–Kier alpha value is -0.610. The molecule has 2 atom stereocenters. The zero-order chi connectivity index (χ0) is 13.3. The number of carbonyl (C=O) groups excluding carboxylic acids is 1. The van der Waals surface area contributed by atoms with Gasteiger partial charge in [0, 0.05) is 6.54 Å². The highest BCUT2D eigenvalue weighted by molar-refractivity contribution is 5.88. The van der Waals surface area contributed by atoms with Gasteiger partial charge in [-0.1, -0.05) is 27.2 Å². The predicted octanol–water partition coefficient (Wildman–Crippen LogP) is 2.57. The highest BCUT2D eigenvalue weighted by Gasteiger charge is 2.59. The molecule has 0 aromatic heterocycles. The van der Waals surface area contributed by atoms with Gasteiger partial charge in [0.2, 0.25) is 5.91 Å². The molecule has 1 aliphatic heterocycles. The molecule has 1 rings (SSSR count). The summed E-state index contributed by atoms with van der Waals surface area (Å²) in [5.74, 6) is -0.00667. The molecule has 1 fully saturated rings. The lowest BCUT2D eigenvalue weighted by Gasteiger charge is -2.37. The molecular formula is C13H25N2O2. The molecule has 1 amide bonds. The zero-order valence-electron chi connectivity index (χ0n) is 11.7. The molecule has 1 saturated heterocycles. The zero-order valence-corrected chi connectivity index (χ0v) is 11.7. The molecule has 0 saturated carbocycles. The third-order valence-electron chi connectivity index (χ3n) is 4.27. The second-order valence-electron chi connectivity index (χ2n) is 5.30. The summed E-state index contributed by atoms with van der Waals surface area (Å²) in [6, 6.07) is 0. The van der Waals surface area contributed by atoms with Crippen LogP contribution in [0.4, 0.5) is 0 Å². The van der Waals surface area contributed by atoms with Crippen LogP contribution in [0.3, 0.4) is 0 Å². The third kappa shape index (κ3) is 1.97. The average Bonchev–Trinajstić information content (AvgIpc) is 2.48. The molecule has 1 heterocycles. The molecule has 0 aromatic carbocycles. The molecular weight excluding hydrogens is 216 g/mol. The van der Waals surface area contributed by atoms with E-state index >= 15 is 0 Å². The number of rotatable bonds is 5. The van der Waals surface area contributed by atoms with E-state index in [1.807, 2.05) is 20.8 Å². The van der Waals surface area contributed by atoms with E-state index in [0.717, 1.165) is 17.9 Å². The van der Waals surface area contributed by atoms with Gasteiger partial charge >= 0.3 is 0 Å². The van der Waals surface area contributed by atoms with Crippen LogP contribution in [-0.4, -0.2) is 33.6 Å². The van der Waals surface area contributed by atoms with E-state index < -0.39 is 11.2 Å². The van der Waals surface area contributed by atoms with Crippen molar-refractivity contribution in [1.29, 1.82) is 0 Å². The van der Waals surface area contributed by atoms with Gasteiger partial charge < -0.3 is 4.90 Å². The van der Waals surface area contributed by atoms with E-state index in [4.69, 9.17) is 0 Å². The third-order valence-corrected chi connectivity index (χ3v) is 4.27. The number of hydrogen-bond acceptors (Lipinski definition) is 2. The van der Waals surface area contributed by atoms with E-state index in [0.29, 0.717) is 19.4 Å². The summed E-state index contributed by atoms with van der Waals surface area (Å²) in [6.45, 7) is 10.3. The van der Waals surface area contributed by atoms with Crippen LogP contribution in [0.25, 0.3) is 0 Å². The van der Waals surface area contributed by atoms with Crippen LogP contribution in [-0.2, 0) is 10.0 Å². The van der Waals surface area contributed by atoms with Gasteiger partial charge in [0.05, 0.1) is 0 Å². The standard InChI is InChI=1S/C13H25N2O2/c1-6-9-10-14-11(16)12(4,7-2)15(17)13(14,5)8-3/h6-10H2,1-5H3. The Morgan fingerprint density at radius 2 is 1.71 bits per heavy atom. The van der Waals surface area contributed by atoms with Crippen molar-refractivity contribution in [2.75, 3.05) is 6.54 Å². The number of hydroxylamine groups is 2. The van der Waals surface area contributed by atoms with Gasteiger partial charge in [-0.05, 0) is 33.1 Å². The van der Waals surface area contributed by atoms with Gasteiger partial charge in [0.1, 0.15) is 11.2 Å². The van der Waals surface area contributed by atoms with Gasteiger partial charge in [-0.25, -0.2) is 0 Å². The summed E-state index contributed by atoms with van der Waals surface area (Å²) in [6.07, 6.45) is 3.22. The van der Waals surface area contributed by atoms with Crippen LogP contribution in [0.2, 0.25) is 0 Å². The van der Waals surface area contributed by atoms with Crippen molar-refractivity contribution in [3.8, 4) is 0 Å². The van der Waals surface area contributed by atoms with Crippen molar-refractivity contribution in [2.24, 2.45) is 0 Å². The summed E-state index contributed by atoms with van der Waals surface area (Å²) in [4.78, 5) is 14.2. The molecule has 1 radical (unpaired) electrons. The lowest BCUT2D eigenvalue weighted by atomic mass is 9.98. The second kappa shape index (κ2) is 4.94. The monoisotopic (exact) mass is 241 g/mol. The van der Waals surface area contributed by atoms with Gasteiger partial charge in [0.15, 0.2) is 0 Å². The molecule has 0 spiro atoms. The van der Waals surface area contributed by atoms with Crippen molar-refractivity contribution in [2.45, 2.75) is 71.5 Å². The fourth-order valence-electron chi connectivity index (χ4n) is 2.53. The van der Waals surface area contributed by atoms with E-state index in [1.165, 1.54) is 0 Å². The van der Waals surface area contributed by atoms with E-state index in [2.05, 4.69) is 6.92 Å². The van der Waals surface area contributed by atoms with Gasteiger partial charge in [-0.3, -0.25) is 4.79 Å². The predicted molar refractivity (Wildman–Crippen MR) is 66.5 cm³/mol. The lowest BCUT2D eigenvalue weighted by Crippen LogP contribution is -2.52. The fraction of sp³-hybridized carbons (Fsp3) is 0.923. The molecule has 0 N–H and O–H groups in total. The molecule has 4 nitrogen and oxygen atoms in total. The average molecular weight is 241 g/mol. The minimum absolute atomic E-state index is 0.00667. The Kier molecular flexibility index (Phi) is 4.20. The minimum atomic E-state index is -0.876. The molecule has 1 aliphatic rings. The Bertz CT molecular complexity index is 295. The first-order chi connectivity index (χ1) is 7.88. The highest BCUT2D eigenvalue weighted by Crippen LogP contribution is 2.41. The summed E-state index contributed by atoms with van der Waals surface area (Å²) in [5, 5.41) is 13.5. The Balaban J connectivity index is 3.06. The maximum atomic E-state index is 12.4. The van der Waals surface area contributed by atoms with Crippen molar-refractivity contribution in [3.63, 3.8) is 0 Å². The fourth-order valence-corrected chi connectivity index (χ4v) is 2.53. The van der Waals surface area contributed by atoms with E-state index in [-0.39, 0.29) is 5.91 Å². The van der Waals surface area contributed by atoms with Crippen molar-refractivity contribution in [1.82, 2.24) is 9.96 Å². The van der Waals surface area contributed by atoms with Crippen LogP contribution in [0, 0.1) is 0 Å². The number of amides is 1. The quantitative estimate of drug-likeness (QED) is 0.742. The molecule has 0 aromatic rings. The molecule has 4 heteroatoms. The SMILES string of the molecule is CCCCN1C(=O)C(C)(CC)N([O])C1(C)CC. The van der Waals surface area contributed by atoms with Crippen LogP contribution >= 0.6 is 0 Å². The molecule has 0 bridgehead atoms. The lowest BCUT2D eigenvalue weighted by molar-refractivity contribution is -0.268. The van der Waals surface area contributed by atoms with Crippen molar-refractivity contribution >= 4 is 5.91 Å². The minimum Gasteiger partial charge on any atom is -0.321 e. The number of nitrogens with zero attached hydrogens (tertiary/aromatic N) is 2. The van der Waals surface area contributed by atoms with Gasteiger partial charge in [-0.2, -0.15) is 0 Å². The number of unbranched alkanes of at least 4 members (excludes halogenated alkanes) is 1. The first-order valence-electron chi connectivity index (χ1n) is 6.68. The first kappa shape index (κ1) is 14.5. The number of carbonyl (C=O) groups is 1. The van der Waals surface area contributed by atoms with Crippen molar-refractivity contribution < 1.29 is 10.0 Å². The largest absolute Gasteiger partial charge is 0.321 e. The Morgan fingerprint density at radius 3 is 2.12 bits per heavy atom. The Morgan fingerprint density at radius 1 is 1.12 bits per heavy atom. The summed E-state index contributed by atoms with van der Waals surface area (Å²) in [5.41, 5.74) is -1.55. The summed E-state index contributed by atoms with van der Waals surface area (Å²) >= 11 is 0. The van der Waals surface area contributed by atoms with E-state index in [9.17, 15) is 10.0 Å². The summed E-state index contributed by atoms with van der Waals surface area (Å²) < 4.78 is 0. The maximum absolute atomic E-state index is 12.4. The van der Waals surface area contributed by atoms with Crippen LogP contribution in [0.5, 0.6) is 0 Å². The van der Waals surface area contributed by atoms with E-state index in [1.54, 1.807) is 11.8 Å². The molecule has 2 unspecified atom stereocenters. The van der Waals surface area contributed by atoms with Crippen LogP contribution < -0.4 is 0 Å². The number of hydrogen-bond donors (Lipinski definition) is 0. The first-order valence-corrected chi connectivity index (χ1v) is 6.68. The van der Waals surface area contributed by atoms with Gasteiger partial charge in [-0.15, -0.1) is 10.3 Å². The van der Waals surface area contributed by atoms with Gasteiger partial charge in [0.25, 0.3) is 0 Å². The smallest absolute Gasteiger partial charge is 0.246 e. The maximum Gasteiger partial charge on any atom is 0.246 e. The van der Waals surface area contributed by atoms with Crippen molar-refractivity contribution in [3.05, 3.63) is 0 Å². The molecule has 0 aliphatic carbocycles. The van der Waals surface area contributed by atoms with Crippen LogP contribution in [0.15, 0.2) is 0 Å². The molecule has 99 valence electrons.